The first-order valence-corrected chi connectivity index (χ1v) is 11.6. The highest BCUT2D eigenvalue weighted by atomic mass is 35.5. The van der Waals surface area contributed by atoms with E-state index in [-0.39, 0.29) is 24.1 Å². The van der Waals surface area contributed by atoms with Gasteiger partial charge in [0.2, 0.25) is 0 Å². The number of nitrogens with zero attached hydrogens (tertiary/aromatic N) is 3. The highest BCUT2D eigenvalue weighted by Gasteiger charge is 2.36. The van der Waals surface area contributed by atoms with Gasteiger partial charge in [-0.3, -0.25) is 14.7 Å². The average molecular weight is 444 g/mol. The predicted molar refractivity (Wildman–Crippen MR) is 122 cm³/mol. The van der Waals surface area contributed by atoms with Gasteiger partial charge in [-0.2, -0.15) is 0 Å². The molecule has 166 valence electrons. The molecule has 1 aromatic heterocycles. The van der Waals surface area contributed by atoms with Crippen LogP contribution in [0.5, 0.6) is 0 Å². The smallest absolute Gasteiger partial charge is 0.410 e. The highest BCUT2D eigenvalue weighted by molar-refractivity contribution is 6.36. The largest absolute Gasteiger partial charge is 0.449 e. The number of piperazine rings is 1. The van der Waals surface area contributed by atoms with Gasteiger partial charge in [0.25, 0.3) is 5.91 Å². The summed E-state index contributed by atoms with van der Waals surface area (Å²) in [6.45, 7) is 7.24. The van der Waals surface area contributed by atoms with Gasteiger partial charge in [-0.1, -0.05) is 24.6 Å². The number of carbonyl (C=O) groups is 2. The minimum Gasteiger partial charge on any atom is -0.449 e. The third-order valence-electron chi connectivity index (χ3n) is 6.29. The third kappa shape index (κ3) is 4.22. The number of carbonyl (C=O) groups excluding carboxylic acids is 2. The second kappa shape index (κ2) is 9.03. The minimum absolute atomic E-state index is 0.0437. The third-order valence-corrected chi connectivity index (χ3v) is 6.72. The maximum atomic E-state index is 13.3. The number of hydrogen-bond donors (Lipinski definition) is 0. The monoisotopic (exact) mass is 443 g/mol. The summed E-state index contributed by atoms with van der Waals surface area (Å²) < 4.78 is 5.32. The van der Waals surface area contributed by atoms with Gasteiger partial charge in [0.15, 0.2) is 0 Å². The number of ether oxygens (including phenoxy) is 1. The van der Waals surface area contributed by atoms with E-state index >= 15 is 0 Å². The van der Waals surface area contributed by atoms with Crippen molar-refractivity contribution in [3.05, 3.63) is 40.0 Å². The van der Waals surface area contributed by atoms with Crippen LogP contribution in [0, 0.1) is 0 Å². The van der Waals surface area contributed by atoms with Crippen molar-refractivity contribution in [1.82, 2.24) is 14.8 Å². The summed E-state index contributed by atoms with van der Waals surface area (Å²) >= 11 is 6.68. The van der Waals surface area contributed by atoms with Crippen molar-refractivity contribution in [3.8, 4) is 0 Å². The summed E-state index contributed by atoms with van der Waals surface area (Å²) in [4.78, 5) is 34.1. The Morgan fingerprint density at radius 3 is 2.58 bits per heavy atom. The first-order chi connectivity index (χ1) is 14.9. The van der Waals surface area contributed by atoms with Crippen molar-refractivity contribution < 1.29 is 14.3 Å². The number of aromatic nitrogens is 1. The molecule has 4 rings (SSSR count). The molecule has 0 N–H and O–H groups in total. The van der Waals surface area contributed by atoms with Crippen LogP contribution in [0.3, 0.4) is 0 Å². The predicted octanol–water partition coefficient (Wildman–Crippen LogP) is 4.85. The second-order valence-electron chi connectivity index (χ2n) is 8.72. The van der Waals surface area contributed by atoms with Gasteiger partial charge >= 0.3 is 6.09 Å². The van der Waals surface area contributed by atoms with Crippen LogP contribution in [-0.4, -0.2) is 58.6 Å². The normalized spacial score (nSPS) is 21.2. The van der Waals surface area contributed by atoms with Crippen LogP contribution in [0.15, 0.2) is 18.2 Å². The van der Waals surface area contributed by atoms with Crippen molar-refractivity contribution >= 4 is 34.5 Å². The first-order valence-electron chi connectivity index (χ1n) is 11.3. The fraction of sp³-hybridized carbons (Fsp3) is 0.542. The van der Waals surface area contributed by atoms with E-state index in [1.165, 1.54) is 0 Å². The molecular weight excluding hydrogens is 414 g/mol. The Labute approximate surface area is 188 Å². The fourth-order valence-corrected chi connectivity index (χ4v) is 5.16. The molecule has 2 amide bonds. The summed E-state index contributed by atoms with van der Waals surface area (Å²) in [7, 11) is 0. The molecule has 0 radical (unpaired) electrons. The van der Waals surface area contributed by atoms with Crippen LogP contribution in [0.2, 0.25) is 5.02 Å². The molecule has 6 nitrogen and oxygen atoms in total. The lowest BCUT2D eigenvalue weighted by Crippen LogP contribution is -2.59. The Hall–Kier alpha value is -2.34. The van der Waals surface area contributed by atoms with Gasteiger partial charge in [-0.25, -0.2) is 4.79 Å². The van der Waals surface area contributed by atoms with Crippen molar-refractivity contribution in [2.24, 2.45) is 0 Å². The van der Waals surface area contributed by atoms with E-state index in [1.807, 2.05) is 43.9 Å². The molecule has 0 saturated carbocycles. The molecule has 1 aliphatic carbocycles. The molecule has 0 spiro atoms. The van der Waals surface area contributed by atoms with E-state index < -0.39 is 0 Å². The average Bonchev–Trinajstić information content (AvgIpc) is 2.76. The lowest BCUT2D eigenvalue weighted by Gasteiger charge is -2.43. The van der Waals surface area contributed by atoms with Crippen LogP contribution in [0.4, 0.5) is 4.79 Å². The Balaban J connectivity index is 1.55. The zero-order valence-corrected chi connectivity index (χ0v) is 19.2. The van der Waals surface area contributed by atoms with Gasteiger partial charge in [-0.05, 0) is 63.6 Å². The number of benzene rings is 1. The van der Waals surface area contributed by atoms with E-state index in [2.05, 4.69) is 0 Å². The molecule has 2 unspecified atom stereocenters. The standard InChI is InChI=1S/C24H30ClN3O3/c1-4-11-31-24(30)28-15(2)13-27(14-16(28)3)23(29)17-9-10-19-21(12-17)26-20-8-6-5-7-18(20)22(19)25/h9-10,12,15-16H,4-8,11,13-14H2,1-3H3. The van der Waals surface area contributed by atoms with Gasteiger partial charge in [-0.15, -0.1) is 0 Å². The van der Waals surface area contributed by atoms with Crippen molar-refractivity contribution in [1.29, 1.82) is 0 Å². The van der Waals surface area contributed by atoms with Gasteiger partial charge in [0.1, 0.15) is 0 Å². The Bertz CT molecular complexity index is 997. The Morgan fingerprint density at radius 1 is 1.16 bits per heavy atom. The van der Waals surface area contributed by atoms with E-state index in [4.69, 9.17) is 21.3 Å². The van der Waals surface area contributed by atoms with Crippen molar-refractivity contribution in [2.75, 3.05) is 19.7 Å². The number of rotatable bonds is 3. The lowest BCUT2D eigenvalue weighted by atomic mass is 9.94. The fourth-order valence-electron chi connectivity index (χ4n) is 4.79. The number of pyridine rings is 1. The van der Waals surface area contributed by atoms with Crippen LogP contribution in [0.1, 0.15) is 61.6 Å². The summed E-state index contributed by atoms with van der Waals surface area (Å²) in [5.41, 5.74) is 3.61. The number of amides is 2. The number of hydrogen-bond acceptors (Lipinski definition) is 4. The topological polar surface area (TPSA) is 62.7 Å². The molecule has 2 atom stereocenters. The molecule has 2 aliphatic rings. The zero-order valence-electron chi connectivity index (χ0n) is 18.5. The van der Waals surface area contributed by atoms with E-state index in [0.29, 0.717) is 25.3 Å². The first kappa shape index (κ1) is 21.9. The molecule has 0 bridgehead atoms. The van der Waals surface area contributed by atoms with Crippen LogP contribution < -0.4 is 0 Å². The summed E-state index contributed by atoms with van der Waals surface area (Å²) in [6, 6.07) is 5.38. The van der Waals surface area contributed by atoms with Crippen LogP contribution >= 0.6 is 11.6 Å². The van der Waals surface area contributed by atoms with E-state index in [9.17, 15) is 9.59 Å². The minimum atomic E-state index is -0.303. The molecule has 1 saturated heterocycles. The molecule has 1 fully saturated rings. The van der Waals surface area contributed by atoms with Gasteiger partial charge < -0.3 is 9.64 Å². The Kier molecular flexibility index (Phi) is 6.37. The highest BCUT2D eigenvalue weighted by Crippen LogP contribution is 2.33. The molecule has 2 heterocycles. The van der Waals surface area contributed by atoms with E-state index in [1.54, 1.807) is 4.90 Å². The van der Waals surface area contributed by atoms with Crippen LogP contribution in [-0.2, 0) is 17.6 Å². The van der Waals surface area contributed by atoms with E-state index in [0.717, 1.165) is 59.3 Å². The summed E-state index contributed by atoms with van der Waals surface area (Å²) in [6.07, 6.45) is 4.66. The maximum absolute atomic E-state index is 13.3. The van der Waals surface area contributed by atoms with Crippen LogP contribution in [0.25, 0.3) is 10.9 Å². The SMILES string of the molecule is CCCOC(=O)N1C(C)CN(C(=O)c2ccc3c(Cl)c4c(nc3c2)CCCC4)CC1C. The Morgan fingerprint density at radius 2 is 1.87 bits per heavy atom. The number of aryl methyl sites for hydroxylation is 1. The number of fused-ring (bicyclic) bond motifs is 2. The van der Waals surface area contributed by atoms with Crippen molar-refractivity contribution in [2.45, 2.75) is 65.0 Å². The van der Waals surface area contributed by atoms with Crippen molar-refractivity contribution in [3.63, 3.8) is 0 Å². The quantitative estimate of drug-likeness (QED) is 0.680. The molecule has 31 heavy (non-hydrogen) atoms. The summed E-state index contributed by atoms with van der Waals surface area (Å²) in [5.74, 6) is -0.0437. The molecule has 2 aromatic rings. The number of halogens is 1. The second-order valence-corrected chi connectivity index (χ2v) is 9.10. The molecular formula is C24H30ClN3O3. The molecule has 1 aliphatic heterocycles. The van der Waals surface area contributed by atoms with Gasteiger partial charge in [0, 0.05) is 29.7 Å². The lowest BCUT2D eigenvalue weighted by molar-refractivity contribution is 0.0215. The molecule has 7 heteroatoms. The maximum Gasteiger partial charge on any atom is 0.410 e. The zero-order chi connectivity index (χ0) is 22.1. The molecule has 1 aromatic carbocycles. The van der Waals surface area contributed by atoms with Gasteiger partial charge in [0.05, 0.1) is 29.2 Å². The summed E-state index contributed by atoms with van der Waals surface area (Å²) in [5, 5.41) is 1.68.